The lowest BCUT2D eigenvalue weighted by molar-refractivity contribution is 0.170. The van der Waals surface area contributed by atoms with Crippen LogP contribution >= 0.6 is 0 Å². The van der Waals surface area contributed by atoms with E-state index in [1.807, 2.05) is 12.1 Å². The molecule has 6 nitrogen and oxygen atoms in total. The molecule has 2 aromatic rings. The Hall–Kier alpha value is -2.34. The van der Waals surface area contributed by atoms with E-state index in [2.05, 4.69) is 9.88 Å². The number of nitrogens with two attached hydrogens (primary N) is 1. The van der Waals surface area contributed by atoms with E-state index >= 15 is 0 Å². The Balaban J connectivity index is 1.93. The maximum Gasteiger partial charge on any atom is 0.411 e. The lowest BCUT2D eigenvalue weighted by atomic mass is 10.1. The first kappa shape index (κ1) is 12.7. The van der Waals surface area contributed by atoms with E-state index in [0.717, 1.165) is 36.5 Å². The number of hydrogen-bond donors (Lipinski definition) is 1. The molecule has 104 valence electrons. The smallest absolute Gasteiger partial charge is 0.411 e. The summed E-state index contributed by atoms with van der Waals surface area (Å²) in [6.07, 6.45) is 3.64. The van der Waals surface area contributed by atoms with Crippen LogP contribution in [0.25, 0.3) is 11.1 Å². The maximum atomic E-state index is 10.8. The molecule has 1 aliphatic rings. The van der Waals surface area contributed by atoms with Gasteiger partial charge < -0.3 is 14.9 Å². The Morgan fingerprint density at radius 3 is 2.85 bits per heavy atom. The molecule has 0 aromatic carbocycles. The van der Waals surface area contributed by atoms with Crippen LogP contribution in [0.3, 0.4) is 0 Å². The van der Waals surface area contributed by atoms with Crippen LogP contribution < -0.4 is 10.5 Å². The zero-order valence-electron chi connectivity index (χ0n) is 10.9. The third-order valence-electron chi connectivity index (χ3n) is 3.31. The predicted molar refractivity (Wildman–Crippen MR) is 72.0 cm³/mol. The number of pyridine rings is 1. The van der Waals surface area contributed by atoms with Crippen molar-refractivity contribution in [2.24, 2.45) is 5.73 Å². The molecule has 0 aliphatic carbocycles. The first-order valence-corrected chi connectivity index (χ1v) is 6.44. The van der Waals surface area contributed by atoms with Crippen molar-refractivity contribution in [3.63, 3.8) is 0 Å². The van der Waals surface area contributed by atoms with Gasteiger partial charge in [-0.25, -0.2) is 9.78 Å². The molecular weight excluding hydrogens is 258 g/mol. The number of nitrogens with zero attached hydrogens (tertiary/aromatic N) is 2. The standard InChI is InChI=1S/C14H15N3O3/c15-14(18)20-13-3-2-11(10-4-7-19-9-10)12(16-13)8-17-5-1-6-17/h2-4,7,9H,1,5-6,8H2,(H2,15,18). The highest BCUT2D eigenvalue weighted by Gasteiger charge is 2.18. The molecule has 2 N–H and O–H groups in total. The summed E-state index contributed by atoms with van der Waals surface area (Å²) in [5, 5.41) is 0. The molecule has 1 saturated heterocycles. The minimum atomic E-state index is -0.858. The number of aromatic nitrogens is 1. The molecule has 1 aliphatic heterocycles. The van der Waals surface area contributed by atoms with Gasteiger partial charge in [-0.1, -0.05) is 0 Å². The van der Waals surface area contributed by atoms with Crippen LogP contribution in [-0.2, 0) is 6.54 Å². The minimum absolute atomic E-state index is 0.222. The molecule has 20 heavy (non-hydrogen) atoms. The third kappa shape index (κ3) is 2.65. The molecule has 1 fully saturated rings. The largest absolute Gasteiger partial charge is 0.472 e. The molecule has 6 heteroatoms. The van der Waals surface area contributed by atoms with E-state index in [1.165, 1.54) is 6.42 Å². The number of ether oxygens (including phenoxy) is 1. The predicted octanol–water partition coefficient (Wildman–Crippen LogP) is 2.00. The number of primary amides is 1. The number of carbonyl (C=O) groups is 1. The summed E-state index contributed by atoms with van der Waals surface area (Å²) in [4.78, 5) is 17.5. The monoisotopic (exact) mass is 273 g/mol. The normalized spacial score (nSPS) is 14.8. The Bertz CT molecular complexity index is 606. The lowest BCUT2D eigenvalue weighted by Gasteiger charge is -2.30. The molecule has 3 heterocycles. The van der Waals surface area contributed by atoms with Gasteiger partial charge in [0.1, 0.15) is 0 Å². The maximum absolute atomic E-state index is 10.8. The van der Waals surface area contributed by atoms with Crippen LogP contribution in [0.5, 0.6) is 5.88 Å². The lowest BCUT2D eigenvalue weighted by Crippen LogP contribution is -2.36. The Morgan fingerprint density at radius 1 is 1.40 bits per heavy atom. The second kappa shape index (κ2) is 5.34. The van der Waals surface area contributed by atoms with Gasteiger partial charge in [-0.3, -0.25) is 4.90 Å². The van der Waals surface area contributed by atoms with Crippen molar-refractivity contribution >= 4 is 6.09 Å². The fourth-order valence-corrected chi connectivity index (χ4v) is 2.19. The van der Waals surface area contributed by atoms with Crippen molar-refractivity contribution in [2.75, 3.05) is 13.1 Å². The number of rotatable bonds is 4. The van der Waals surface area contributed by atoms with Crippen molar-refractivity contribution in [3.8, 4) is 17.0 Å². The van der Waals surface area contributed by atoms with Gasteiger partial charge in [0, 0.05) is 23.7 Å². The highest BCUT2D eigenvalue weighted by atomic mass is 16.6. The van der Waals surface area contributed by atoms with Gasteiger partial charge >= 0.3 is 6.09 Å². The summed E-state index contributed by atoms with van der Waals surface area (Å²) in [5.41, 5.74) is 7.80. The van der Waals surface area contributed by atoms with Gasteiger partial charge in [0.25, 0.3) is 0 Å². The average molecular weight is 273 g/mol. The van der Waals surface area contributed by atoms with Crippen LogP contribution in [0, 0.1) is 0 Å². The van der Waals surface area contributed by atoms with Crippen molar-refractivity contribution < 1.29 is 13.9 Å². The van der Waals surface area contributed by atoms with Crippen LogP contribution in [-0.4, -0.2) is 29.1 Å². The third-order valence-corrected chi connectivity index (χ3v) is 3.31. The molecular formula is C14H15N3O3. The zero-order chi connectivity index (χ0) is 13.9. The van der Waals surface area contributed by atoms with E-state index in [-0.39, 0.29) is 5.88 Å². The Kier molecular flexibility index (Phi) is 3.39. The van der Waals surface area contributed by atoms with Crippen LogP contribution in [0.4, 0.5) is 4.79 Å². The van der Waals surface area contributed by atoms with Crippen LogP contribution in [0.15, 0.2) is 35.1 Å². The quantitative estimate of drug-likeness (QED) is 0.921. The second-order valence-corrected chi connectivity index (χ2v) is 4.71. The van der Waals surface area contributed by atoms with Gasteiger partial charge in [0.15, 0.2) is 0 Å². The van der Waals surface area contributed by atoms with Gasteiger partial charge in [-0.05, 0) is 31.6 Å². The number of furan rings is 1. The zero-order valence-corrected chi connectivity index (χ0v) is 10.9. The molecule has 3 rings (SSSR count). The van der Waals surface area contributed by atoms with Gasteiger partial charge in [-0.2, -0.15) is 0 Å². The van der Waals surface area contributed by atoms with E-state index in [1.54, 1.807) is 18.6 Å². The van der Waals surface area contributed by atoms with Crippen molar-refractivity contribution in [1.29, 1.82) is 0 Å². The molecule has 0 atom stereocenters. The summed E-state index contributed by atoms with van der Waals surface area (Å²) in [5.74, 6) is 0.222. The number of carbonyl (C=O) groups excluding carboxylic acids is 1. The molecule has 0 spiro atoms. The fourth-order valence-electron chi connectivity index (χ4n) is 2.19. The highest BCUT2D eigenvalue weighted by Crippen LogP contribution is 2.27. The van der Waals surface area contributed by atoms with Crippen LogP contribution in [0.1, 0.15) is 12.1 Å². The van der Waals surface area contributed by atoms with Crippen molar-refractivity contribution in [3.05, 3.63) is 36.4 Å². The van der Waals surface area contributed by atoms with E-state index < -0.39 is 6.09 Å². The second-order valence-electron chi connectivity index (χ2n) is 4.71. The average Bonchev–Trinajstić information content (AvgIpc) is 2.87. The molecule has 0 radical (unpaired) electrons. The number of amides is 1. The first-order chi connectivity index (χ1) is 9.72. The summed E-state index contributed by atoms with van der Waals surface area (Å²) >= 11 is 0. The Labute approximate surface area is 116 Å². The van der Waals surface area contributed by atoms with E-state index in [0.29, 0.717) is 0 Å². The first-order valence-electron chi connectivity index (χ1n) is 6.44. The summed E-state index contributed by atoms with van der Waals surface area (Å²) in [7, 11) is 0. The molecule has 0 bridgehead atoms. The summed E-state index contributed by atoms with van der Waals surface area (Å²) < 4.78 is 9.96. The summed E-state index contributed by atoms with van der Waals surface area (Å²) in [6.45, 7) is 2.84. The molecule has 2 aromatic heterocycles. The Morgan fingerprint density at radius 2 is 2.25 bits per heavy atom. The van der Waals surface area contributed by atoms with Crippen molar-refractivity contribution in [1.82, 2.24) is 9.88 Å². The summed E-state index contributed by atoms with van der Waals surface area (Å²) in [6, 6.07) is 5.38. The van der Waals surface area contributed by atoms with Gasteiger partial charge in [0.05, 0.1) is 18.2 Å². The number of likely N-dealkylation sites (tertiary alicyclic amines) is 1. The van der Waals surface area contributed by atoms with Crippen molar-refractivity contribution in [2.45, 2.75) is 13.0 Å². The minimum Gasteiger partial charge on any atom is -0.472 e. The SMILES string of the molecule is NC(=O)Oc1ccc(-c2ccoc2)c(CN2CCC2)n1. The van der Waals surface area contributed by atoms with Gasteiger partial charge in [-0.15, -0.1) is 0 Å². The number of hydrogen-bond acceptors (Lipinski definition) is 5. The molecule has 0 saturated carbocycles. The molecule has 0 unspecified atom stereocenters. The van der Waals surface area contributed by atoms with E-state index in [4.69, 9.17) is 14.9 Å². The fraction of sp³-hybridized carbons (Fsp3) is 0.286. The van der Waals surface area contributed by atoms with Gasteiger partial charge in [0.2, 0.25) is 5.88 Å². The topological polar surface area (TPSA) is 81.6 Å². The highest BCUT2D eigenvalue weighted by molar-refractivity contribution is 5.69. The van der Waals surface area contributed by atoms with Crippen LogP contribution in [0.2, 0.25) is 0 Å². The molecule has 1 amide bonds. The van der Waals surface area contributed by atoms with E-state index in [9.17, 15) is 4.79 Å².